The van der Waals surface area contributed by atoms with Gasteiger partial charge >= 0.3 is 18.1 Å². The van der Waals surface area contributed by atoms with Crippen molar-refractivity contribution >= 4 is 35.6 Å². The second kappa shape index (κ2) is 13.2. The molecule has 12 heteroatoms. The van der Waals surface area contributed by atoms with Crippen molar-refractivity contribution < 1.29 is 33.8 Å². The summed E-state index contributed by atoms with van der Waals surface area (Å²) in [5.41, 5.74) is 1.16. The van der Waals surface area contributed by atoms with Crippen molar-refractivity contribution in [3.05, 3.63) is 66.7 Å². The summed E-state index contributed by atoms with van der Waals surface area (Å²) in [6.07, 6.45) is 4.34. The first-order valence-electron chi connectivity index (χ1n) is 17.0. The Morgan fingerprint density at radius 3 is 2.43 bits per heavy atom. The van der Waals surface area contributed by atoms with Gasteiger partial charge in [-0.1, -0.05) is 75.4 Å². The molecule has 0 spiro atoms. The van der Waals surface area contributed by atoms with E-state index >= 15 is 0 Å². The maximum Gasteiger partial charge on any atom is 0.408 e. The molecular weight excluding hydrogens is 626 g/mol. The summed E-state index contributed by atoms with van der Waals surface area (Å²) in [5.74, 6) is -2.77. The largest absolute Gasteiger partial charge is 0.479 e. The summed E-state index contributed by atoms with van der Waals surface area (Å²) in [6, 6.07) is 12.5. The number of anilines is 1. The average molecular weight is 672 g/mol. The maximum atomic E-state index is 14.4. The van der Waals surface area contributed by atoms with Crippen molar-refractivity contribution in [2.75, 3.05) is 11.9 Å². The Morgan fingerprint density at radius 2 is 1.80 bits per heavy atom. The number of benzene rings is 2. The monoisotopic (exact) mass is 671 g/mol. The third kappa shape index (κ3) is 6.73. The van der Waals surface area contributed by atoms with Gasteiger partial charge in [0.2, 0.25) is 11.8 Å². The highest BCUT2D eigenvalue weighted by atomic mass is 16.6. The lowest BCUT2D eigenvalue weighted by Gasteiger charge is -2.36. The molecule has 5 amide bonds. The van der Waals surface area contributed by atoms with E-state index < -0.39 is 58.9 Å². The number of nitrogens with one attached hydrogen (secondary N) is 3. The number of carbonyl (C=O) groups is 5. The van der Waals surface area contributed by atoms with Crippen molar-refractivity contribution in [2.24, 2.45) is 11.3 Å². The molecule has 4 N–H and O–H groups in total. The standard InChI is InChI=1S/C37H45N5O7/c1-5-24-19-37(24,33(45)46)40-31(43)28-18-25(21-42(28)32(44)30(36(2,3)4)39-35(48)49-26-15-9-10-16-26)41-20-23-14-11-17-27(29(23)38-34(41)47)22-12-7-6-8-13-22/h5-8,11-14,17,24-26,28,30H,1,9-10,15-16,18-21H2,2-4H3,(H,38,47)(H,39,48)(H,40,43)(H,45,46)/t24-,25?,28+,30-,37-/m1/s1. The van der Waals surface area contributed by atoms with Crippen LogP contribution in [0.3, 0.4) is 0 Å². The number of carbonyl (C=O) groups excluding carboxylic acids is 4. The van der Waals surface area contributed by atoms with Crippen LogP contribution in [0.2, 0.25) is 0 Å². The molecule has 2 heterocycles. The fraction of sp³-hybridized carbons (Fsp3) is 0.486. The van der Waals surface area contributed by atoms with E-state index in [9.17, 15) is 29.1 Å². The molecule has 5 atom stereocenters. The maximum absolute atomic E-state index is 14.4. The van der Waals surface area contributed by atoms with E-state index in [2.05, 4.69) is 22.5 Å². The van der Waals surface area contributed by atoms with Crippen LogP contribution in [-0.2, 0) is 25.7 Å². The number of para-hydroxylation sites is 1. The lowest BCUT2D eigenvalue weighted by molar-refractivity contribution is -0.146. The Morgan fingerprint density at radius 1 is 1.08 bits per heavy atom. The lowest BCUT2D eigenvalue weighted by Crippen LogP contribution is -2.59. The van der Waals surface area contributed by atoms with Crippen LogP contribution >= 0.6 is 0 Å². The van der Waals surface area contributed by atoms with Gasteiger partial charge in [-0.2, -0.15) is 0 Å². The number of likely N-dealkylation sites (tertiary alicyclic amines) is 1. The summed E-state index contributed by atoms with van der Waals surface area (Å²) in [5, 5.41) is 18.5. The Labute approximate surface area is 286 Å². The molecule has 3 fully saturated rings. The van der Waals surface area contributed by atoms with Gasteiger partial charge in [0.05, 0.1) is 11.7 Å². The number of alkyl carbamates (subject to hydrolysis) is 1. The fourth-order valence-electron chi connectivity index (χ4n) is 7.44. The van der Waals surface area contributed by atoms with E-state index in [0.717, 1.165) is 42.4 Å². The number of carboxylic acid groups (broad SMARTS) is 1. The van der Waals surface area contributed by atoms with Gasteiger partial charge in [-0.05, 0) is 55.1 Å². The van der Waals surface area contributed by atoms with E-state index in [-0.39, 0.29) is 38.1 Å². The Bertz CT molecular complexity index is 1650. The number of rotatable bonds is 9. The number of amides is 5. The molecule has 2 aromatic rings. The molecule has 4 aliphatic rings. The highest BCUT2D eigenvalue weighted by Gasteiger charge is 2.61. The van der Waals surface area contributed by atoms with Gasteiger partial charge < -0.3 is 35.6 Å². The highest BCUT2D eigenvalue weighted by molar-refractivity contribution is 5.99. The van der Waals surface area contributed by atoms with Crippen LogP contribution in [0.1, 0.15) is 64.9 Å². The summed E-state index contributed by atoms with van der Waals surface area (Å²) in [7, 11) is 0. The zero-order valence-electron chi connectivity index (χ0n) is 28.2. The fourth-order valence-corrected chi connectivity index (χ4v) is 7.44. The van der Waals surface area contributed by atoms with Crippen LogP contribution in [0, 0.1) is 11.3 Å². The number of hydrogen-bond acceptors (Lipinski definition) is 6. The average Bonchev–Trinajstić information content (AvgIpc) is 3.35. The minimum atomic E-state index is -1.51. The van der Waals surface area contributed by atoms with E-state index in [1.54, 1.807) is 4.90 Å². The topological polar surface area (TPSA) is 157 Å². The molecule has 2 aromatic carbocycles. The van der Waals surface area contributed by atoms with Gasteiger partial charge in [0, 0.05) is 24.6 Å². The zero-order valence-corrected chi connectivity index (χ0v) is 28.2. The molecule has 49 heavy (non-hydrogen) atoms. The van der Waals surface area contributed by atoms with Crippen molar-refractivity contribution in [1.29, 1.82) is 0 Å². The van der Waals surface area contributed by atoms with E-state index in [1.807, 2.05) is 69.3 Å². The highest BCUT2D eigenvalue weighted by Crippen LogP contribution is 2.45. The summed E-state index contributed by atoms with van der Waals surface area (Å²) in [6.45, 7) is 9.39. The Balaban J connectivity index is 1.28. The molecule has 0 bridgehead atoms. The van der Waals surface area contributed by atoms with Crippen LogP contribution in [0.4, 0.5) is 15.3 Å². The third-order valence-electron chi connectivity index (χ3n) is 10.4. The van der Waals surface area contributed by atoms with Gasteiger partial charge in [0.25, 0.3) is 0 Å². The van der Waals surface area contributed by atoms with E-state index in [4.69, 9.17) is 4.74 Å². The Hall–Kier alpha value is -4.87. The molecule has 2 aliphatic carbocycles. The minimum Gasteiger partial charge on any atom is -0.479 e. The van der Waals surface area contributed by atoms with Gasteiger partial charge in [0.1, 0.15) is 23.7 Å². The normalized spacial score (nSPS) is 25.5. The summed E-state index contributed by atoms with van der Waals surface area (Å²) in [4.78, 5) is 70.4. The van der Waals surface area contributed by atoms with Crippen molar-refractivity contribution in [3.63, 3.8) is 0 Å². The Kier molecular flexibility index (Phi) is 9.17. The molecule has 12 nitrogen and oxygen atoms in total. The second-order valence-corrected chi connectivity index (χ2v) is 14.7. The van der Waals surface area contributed by atoms with Gasteiger partial charge in [-0.3, -0.25) is 9.59 Å². The van der Waals surface area contributed by atoms with Gasteiger partial charge in [0.15, 0.2) is 0 Å². The number of hydrogen-bond donors (Lipinski definition) is 4. The number of ether oxygens (including phenoxy) is 1. The predicted octanol–water partition coefficient (Wildman–Crippen LogP) is 4.90. The van der Waals surface area contributed by atoms with Crippen LogP contribution in [-0.4, -0.2) is 81.1 Å². The molecule has 6 rings (SSSR count). The van der Waals surface area contributed by atoms with Crippen molar-refractivity contribution in [1.82, 2.24) is 20.4 Å². The first kappa shape index (κ1) is 34.0. The molecule has 0 radical (unpaired) electrons. The molecule has 1 saturated heterocycles. The first-order chi connectivity index (χ1) is 23.3. The van der Waals surface area contributed by atoms with E-state index in [1.165, 1.54) is 11.0 Å². The second-order valence-electron chi connectivity index (χ2n) is 14.7. The number of urea groups is 1. The predicted molar refractivity (Wildman–Crippen MR) is 182 cm³/mol. The number of fused-ring (bicyclic) bond motifs is 1. The van der Waals surface area contributed by atoms with Gasteiger partial charge in [-0.15, -0.1) is 6.58 Å². The van der Waals surface area contributed by atoms with Gasteiger partial charge in [-0.25, -0.2) is 14.4 Å². The first-order valence-corrected chi connectivity index (χ1v) is 17.0. The van der Waals surface area contributed by atoms with E-state index in [0.29, 0.717) is 5.69 Å². The SMILES string of the molecule is C=C[C@@H]1C[C@]1(NC(=O)[C@@H]1CC(N2Cc3cccc(-c4ccccc4)c3NC2=O)CN1C(=O)[C@@H](NC(=O)OC1CCCC1)C(C)(C)C)C(=O)O. The minimum absolute atomic E-state index is 0.00887. The smallest absolute Gasteiger partial charge is 0.408 e. The molecule has 0 aromatic heterocycles. The lowest BCUT2D eigenvalue weighted by atomic mass is 9.85. The van der Waals surface area contributed by atoms with Crippen LogP contribution < -0.4 is 16.0 Å². The molecule has 2 saturated carbocycles. The van der Waals surface area contributed by atoms with Crippen LogP contribution in [0.25, 0.3) is 11.1 Å². The van der Waals surface area contributed by atoms with Crippen LogP contribution in [0.15, 0.2) is 61.2 Å². The van der Waals surface area contributed by atoms with Crippen molar-refractivity contribution in [3.8, 4) is 11.1 Å². The number of aliphatic carboxylic acids is 1. The third-order valence-corrected chi connectivity index (χ3v) is 10.4. The summed E-state index contributed by atoms with van der Waals surface area (Å²) >= 11 is 0. The quantitative estimate of drug-likeness (QED) is 0.276. The number of carboxylic acids is 1. The molecule has 2 aliphatic heterocycles. The van der Waals surface area contributed by atoms with Crippen molar-refractivity contribution in [2.45, 2.75) is 95.6 Å². The number of nitrogens with zero attached hydrogens (tertiary/aromatic N) is 2. The van der Waals surface area contributed by atoms with Crippen LogP contribution in [0.5, 0.6) is 0 Å². The molecular formula is C37H45N5O7. The molecule has 1 unspecified atom stereocenters. The zero-order chi connectivity index (χ0) is 35.1. The summed E-state index contributed by atoms with van der Waals surface area (Å²) < 4.78 is 5.62. The molecule has 260 valence electrons.